The Labute approximate surface area is 418 Å². The van der Waals surface area contributed by atoms with Crippen LogP contribution in [0.15, 0.2) is 148 Å². The van der Waals surface area contributed by atoms with Crippen LogP contribution >= 0.6 is 11.8 Å². The van der Waals surface area contributed by atoms with Crippen molar-refractivity contribution in [2.24, 2.45) is 0 Å². The van der Waals surface area contributed by atoms with Crippen LogP contribution in [0.3, 0.4) is 0 Å². The lowest BCUT2D eigenvalue weighted by Crippen LogP contribution is -2.32. The van der Waals surface area contributed by atoms with E-state index in [4.69, 9.17) is 4.84 Å². The van der Waals surface area contributed by atoms with Crippen molar-refractivity contribution in [3.05, 3.63) is 160 Å². The highest BCUT2D eigenvalue weighted by atomic mass is 32.2. The maximum Gasteiger partial charge on any atom is 0.363 e. The minimum absolute atomic E-state index is 0.0182. The van der Waals surface area contributed by atoms with Gasteiger partial charge >= 0.3 is 5.97 Å². The second-order valence-electron chi connectivity index (χ2n) is 19.4. The van der Waals surface area contributed by atoms with Crippen LogP contribution < -0.4 is 4.90 Å². The van der Waals surface area contributed by atoms with E-state index < -0.39 is 60.4 Å². The standard InChI is InChI=1S/C55H55N3O10S3/c1-54(2)46(56(32-10-34-70(62,63)64)44-26-20-36-12-5-7-16-42(36)50(44)54)28-22-38-14-9-15-39(52(38)69-41-24-18-40(19-25-41)53(61)68-58-48(59)30-31-49(58)60)23-29-47-55(3,4)51-43-17-8-6-13-37(43)21-27-45(51)57(47)33-11-35-71(65,66)67/h5-8,12-13,16-29H,9-11,14-15,30-35H2,1-4H3,(H-,62,63,64,65,66,67)/p-1. The fourth-order valence-corrected chi connectivity index (χ4v) is 12.7. The van der Waals surface area contributed by atoms with E-state index in [0.717, 1.165) is 95.7 Å². The molecule has 5 aromatic rings. The second kappa shape index (κ2) is 19.4. The third-order valence-electron chi connectivity index (χ3n) is 13.9. The molecule has 0 radical (unpaired) electrons. The van der Waals surface area contributed by atoms with Gasteiger partial charge in [0.15, 0.2) is 5.71 Å². The number of thioether (sulfide) groups is 1. The summed E-state index contributed by atoms with van der Waals surface area (Å²) in [5.41, 5.74) is 7.26. The van der Waals surface area contributed by atoms with Gasteiger partial charge in [0.1, 0.15) is 6.54 Å². The molecule has 3 heterocycles. The number of hydrogen-bond acceptors (Lipinski definition) is 12. The summed E-state index contributed by atoms with van der Waals surface area (Å²) in [5, 5.41) is 4.87. The molecule has 71 heavy (non-hydrogen) atoms. The van der Waals surface area contributed by atoms with E-state index in [-0.39, 0.29) is 31.2 Å². The zero-order chi connectivity index (χ0) is 50.5. The maximum absolute atomic E-state index is 13.1. The van der Waals surface area contributed by atoms with Crippen LogP contribution in [0.25, 0.3) is 21.5 Å². The molecule has 0 aromatic heterocycles. The summed E-state index contributed by atoms with van der Waals surface area (Å²) >= 11 is 1.53. The van der Waals surface area contributed by atoms with Gasteiger partial charge in [0.25, 0.3) is 11.8 Å². The summed E-state index contributed by atoms with van der Waals surface area (Å²) in [6, 6.07) is 31.4. The monoisotopic (exact) mass is 1010 g/mol. The quantitative estimate of drug-likeness (QED) is 0.0550. The van der Waals surface area contributed by atoms with Crippen LogP contribution in [-0.2, 0) is 45.5 Å². The fourth-order valence-electron chi connectivity index (χ4n) is 10.6. The molecule has 1 fully saturated rings. The van der Waals surface area contributed by atoms with Gasteiger partial charge in [-0.2, -0.15) is 4.58 Å². The Kier molecular flexibility index (Phi) is 13.6. The van der Waals surface area contributed by atoms with Gasteiger partial charge in [-0.05, 0) is 120 Å². The second-order valence-corrected chi connectivity index (χ2v) is 23.5. The molecule has 3 aliphatic heterocycles. The summed E-state index contributed by atoms with van der Waals surface area (Å²) in [7, 11) is -8.89. The van der Waals surface area contributed by atoms with Crippen molar-refractivity contribution in [1.82, 2.24) is 5.06 Å². The molecule has 1 aliphatic carbocycles. The molecule has 2 amide bonds. The molecular formula is C55H54N3O10S3-. The van der Waals surface area contributed by atoms with Crippen molar-refractivity contribution >= 4 is 88.4 Å². The van der Waals surface area contributed by atoms with Gasteiger partial charge in [-0.3, -0.25) is 9.59 Å². The number of nitrogens with zero attached hydrogens (tertiary/aromatic N) is 3. The molecule has 0 bridgehead atoms. The Morgan fingerprint density at radius 3 is 2.00 bits per heavy atom. The SMILES string of the molecule is CC1(C)C(/C=C/C2=C(Sc3ccc(C(=O)ON4C(=O)CCC4=O)cc3)C(=C/C=C3/N(CCCS(=O)(=O)[O-])c4ccc5ccccc5c4C3(C)C)/CCC2)=[N+](CCCS(=O)(=O)[O-])c2ccc3ccccc3c21. The number of anilines is 1. The summed E-state index contributed by atoms with van der Waals surface area (Å²) in [6.07, 6.45) is 11.0. The lowest BCUT2D eigenvalue weighted by atomic mass is 9.78. The summed E-state index contributed by atoms with van der Waals surface area (Å²) in [6.45, 7) is 9.28. The van der Waals surface area contributed by atoms with Gasteiger partial charge in [-0.1, -0.05) is 92.4 Å². The number of amides is 2. The van der Waals surface area contributed by atoms with Crippen LogP contribution in [0.4, 0.5) is 11.4 Å². The van der Waals surface area contributed by atoms with Gasteiger partial charge in [-0.25, -0.2) is 21.6 Å². The number of carbonyl (C=O) groups is 3. The molecule has 0 N–H and O–H groups in total. The van der Waals surface area contributed by atoms with Crippen LogP contribution in [0.2, 0.25) is 0 Å². The largest absolute Gasteiger partial charge is 0.748 e. The topological polar surface area (TPSA) is 184 Å². The molecule has 5 aromatic carbocycles. The van der Waals surface area contributed by atoms with E-state index in [1.807, 2.05) is 24.3 Å². The van der Waals surface area contributed by atoms with Crippen LogP contribution in [0, 0.1) is 0 Å². The first-order valence-electron chi connectivity index (χ1n) is 23.7. The number of hydrogen-bond donors (Lipinski definition) is 0. The molecule has 0 saturated carbocycles. The third kappa shape index (κ3) is 10.2. The number of rotatable bonds is 15. The lowest BCUT2D eigenvalue weighted by Gasteiger charge is -2.28. The van der Waals surface area contributed by atoms with Crippen molar-refractivity contribution in [1.29, 1.82) is 0 Å². The Morgan fingerprint density at radius 2 is 1.34 bits per heavy atom. The zero-order valence-corrected chi connectivity index (χ0v) is 42.4. The van der Waals surface area contributed by atoms with E-state index in [0.29, 0.717) is 18.2 Å². The predicted octanol–water partition coefficient (Wildman–Crippen LogP) is 9.86. The molecule has 4 aliphatic rings. The first-order chi connectivity index (χ1) is 33.7. The Morgan fingerprint density at radius 1 is 0.718 bits per heavy atom. The average Bonchev–Trinajstić information content (AvgIpc) is 3.84. The van der Waals surface area contributed by atoms with Gasteiger partial charge in [0.05, 0.1) is 31.2 Å². The van der Waals surface area contributed by atoms with Gasteiger partial charge < -0.3 is 18.8 Å². The van der Waals surface area contributed by atoms with Crippen LogP contribution in [0.1, 0.15) is 94.1 Å². The summed E-state index contributed by atoms with van der Waals surface area (Å²) < 4.78 is 73.0. The Balaban J connectivity index is 1.14. The summed E-state index contributed by atoms with van der Waals surface area (Å²) in [4.78, 5) is 46.6. The number of fused-ring (bicyclic) bond motifs is 6. The van der Waals surface area contributed by atoms with E-state index in [1.165, 1.54) is 11.8 Å². The number of carbonyl (C=O) groups excluding carboxylic acids is 3. The summed E-state index contributed by atoms with van der Waals surface area (Å²) in [5.74, 6) is -2.94. The molecule has 16 heteroatoms. The highest BCUT2D eigenvalue weighted by molar-refractivity contribution is 8.03. The normalized spacial score (nSPS) is 19.1. The molecular weight excluding hydrogens is 959 g/mol. The van der Waals surface area contributed by atoms with Crippen LogP contribution in [0.5, 0.6) is 0 Å². The Hall–Kier alpha value is -6.17. The number of benzene rings is 5. The number of imide groups is 1. The van der Waals surface area contributed by atoms with E-state index >= 15 is 0 Å². The smallest absolute Gasteiger partial charge is 0.363 e. The highest BCUT2D eigenvalue weighted by Crippen LogP contribution is 2.52. The molecule has 1 saturated heterocycles. The average molecular weight is 1010 g/mol. The number of allylic oxidation sites excluding steroid dienone is 7. The highest BCUT2D eigenvalue weighted by Gasteiger charge is 2.46. The minimum atomic E-state index is -4.44. The Bertz CT molecular complexity index is 3410. The lowest BCUT2D eigenvalue weighted by molar-refractivity contribution is -0.437. The first-order valence-corrected chi connectivity index (χ1v) is 27.7. The molecule has 0 atom stereocenters. The molecule has 0 unspecified atom stereocenters. The van der Waals surface area contributed by atoms with Crippen LogP contribution in [-0.4, -0.2) is 83.7 Å². The molecule has 13 nitrogen and oxygen atoms in total. The minimum Gasteiger partial charge on any atom is -0.748 e. The fraction of sp³-hybridized carbons (Fsp3) is 0.309. The predicted molar refractivity (Wildman–Crippen MR) is 274 cm³/mol. The molecule has 0 spiro atoms. The van der Waals surface area contributed by atoms with Crippen molar-refractivity contribution in [3.8, 4) is 0 Å². The molecule has 368 valence electrons. The maximum atomic E-state index is 13.1. The van der Waals surface area contributed by atoms with Gasteiger partial charge in [0.2, 0.25) is 5.69 Å². The molecule has 9 rings (SSSR count). The zero-order valence-electron chi connectivity index (χ0n) is 40.0. The van der Waals surface area contributed by atoms with Gasteiger partial charge in [0, 0.05) is 81.6 Å². The van der Waals surface area contributed by atoms with Gasteiger partial charge in [-0.15, -0.1) is 5.06 Å². The van der Waals surface area contributed by atoms with E-state index in [2.05, 4.69) is 110 Å². The number of hydroxylamine groups is 2. The van der Waals surface area contributed by atoms with Crippen molar-refractivity contribution in [3.63, 3.8) is 0 Å². The van der Waals surface area contributed by atoms with Crippen molar-refractivity contribution < 1.29 is 49.7 Å². The van der Waals surface area contributed by atoms with E-state index in [9.17, 15) is 40.3 Å². The first kappa shape index (κ1) is 49.8. The van der Waals surface area contributed by atoms with Crippen molar-refractivity contribution in [2.45, 2.75) is 88.4 Å². The van der Waals surface area contributed by atoms with Crippen molar-refractivity contribution in [2.75, 3.05) is 29.5 Å². The van der Waals surface area contributed by atoms with E-state index in [1.54, 1.807) is 24.3 Å². The third-order valence-corrected chi connectivity index (χ3v) is 16.7.